The Morgan fingerprint density at radius 1 is 0.524 bits per heavy atom. The highest BCUT2D eigenvalue weighted by Crippen LogP contribution is 2.44. The Morgan fingerprint density at radius 3 is 1.93 bits per heavy atom. The predicted octanol–water partition coefficient (Wildman–Crippen LogP) is 10.7. The molecule has 0 radical (unpaired) electrons. The standard InChI is InChI=1S/C38H20N2OS/c39-21-23-8-5-9-24(22-40)36(23)27-19-25(28-12-7-16-34-37(28)32-11-1-3-15-33(32)41-34)18-26(20-27)29-13-6-14-31-30-10-2-4-17-35(30)42-38(29)31/h1-20H. The Bertz CT molecular complexity index is 2420. The molecule has 0 aliphatic rings. The van der Waals surface area contributed by atoms with Crippen molar-refractivity contribution in [3.63, 3.8) is 0 Å². The number of hydrogen-bond donors (Lipinski definition) is 0. The fourth-order valence-electron chi connectivity index (χ4n) is 6.12. The number of nitrogens with zero attached hydrogens (tertiary/aromatic N) is 2. The average Bonchev–Trinajstić information content (AvgIpc) is 3.62. The van der Waals surface area contributed by atoms with Crippen molar-refractivity contribution >= 4 is 53.4 Å². The molecule has 2 aromatic heterocycles. The molecular formula is C38H20N2OS. The lowest BCUT2D eigenvalue weighted by molar-refractivity contribution is 0.669. The van der Waals surface area contributed by atoms with Crippen LogP contribution in [0.1, 0.15) is 11.1 Å². The molecule has 0 amide bonds. The summed E-state index contributed by atoms with van der Waals surface area (Å²) in [4.78, 5) is 0. The summed E-state index contributed by atoms with van der Waals surface area (Å²) in [6.45, 7) is 0. The van der Waals surface area contributed by atoms with Crippen molar-refractivity contribution in [2.24, 2.45) is 0 Å². The van der Waals surface area contributed by atoms with Crippen LogP contribution in [0, 0.1) is 22.7 Å². The van der Waals surface area contributed by atoms with Crippen LogP contribution >= 0.6 is 11.3 Å². The molecule has 0 unspecified atom stereocenters. The Hall–Kier alpha value is -5.68. The number of fused-ring (bicyclic) bond motifs is 6. The molecule has 0 aliphatic heterocycles. The first-order valence-electron chi connectivity index (χ1n) is 13.6. The highest BCUT2D eigenvalue weighted by atomic mass is 32.1. The van der Waals surface area contributed by atoms with Crippen molar-refractivity contribution < 1.29 is 4.42 Å². The van der Waals surface area contributed by atoms with Crippen LogP contribution in [0.5, 0.6) is 0 Å². The van der Waals surface area contributed by atoms with E-state index in [9.17, 15) is 10.5 Å². The molecule has 6 aromatic carbocycles. The van der Waals surface area contributed by atoms with Gasteiger partial charge in [0.2, 0.25) is 0 Å². The minimum absolute atomic E-state index is 0.476. The smallest absolute Gasteiger partial charge is 0.136 e. The molecule has 0 N–H and O–H groups in total. The van der Waals surface area contributed by atoms with E-state index in [2.05, 4.69) is 84.9 Å². The van der Waals surface area contributed by atoms with Gasteiger partial charge in [-0.15, -0.1) is 11.3 Å². The van der Waals surface area contributed by atoms with E-state index >= 15 is 0 Å². The second-order valence-corrected chi connectivity index (χ2v) is 11.4. The van der Waals surface area contributed by atoms with Gasteiger partial charge in [-0.2, -0.15) is 10.5 Å². The Labute approximate surface area is 245 Å². The van der Waals surface area contributed by atoms with Crippen LogP contribution in [0.3, 0.4) is 0 Å². The fraction of sp³-hybridized carbons (Fsp3) is 0. The fourth-order valence-corrected chi connectivity index (χ4v) is 7.36. The van der Waals surface area contributed by atoms with Gasteiger partial charge in [0.25, 0.3) is 0 Å². The average molecular weight is 553 g/mol. The maximum absolute atomic E-state index is 10.1. The molecule has 8 aromatic rings. The zero-order valence-electron chi connectivity index (χ0n) is 22.3. The number of hydrogen-bond acceptors (Lipinski definition) is 4. The summed E-state index contributed by atoms with van der Waals surface area (Å²) < 4.78 is 8.68. The van der Waals surface area contributed by atoms with Crippen LogP contribution < -0.4 is 0 Å². The summed E-state index contributed by atoms with van der Waals surface area (Å²) in [6.07, 6.45) is 0. The summed E-state index contributed by atoms with van der Waals surface area (Å²) >= 11 is 1.79. The Morgan fingerprint density at radius 2 is 1.12 bits per heavy atom. The number of furan rings is 1. The van der Waals surface area contributed by atoms with Gasteiger partial charge < -0.3 is 4.42 Å². The number of rotatable bonds is 3. The van der Waals surface area contributed by atoms with Crippen LogP contribution in [-0.4, -0.2) is 0 Å². The molecule has 0 atom stereocenters. The van der Waals surface area contributed by atoms with Gasteiger partial charge in [-0.05, 0) is 76.3 Å². The van der Waals surface area contributed by atoms with Gasteiger partial charge in [0, 0.05) is 36.5 Å². The molecule has 2 heterocycles. The van der Waals surface area contributed by atoms with Crippen LogP contribution in [0.25, 0.3) is 75.5 Å². The van der Waals surface area contributed by atoms with Gasteiger partial charge >= 0.3 is 0 Å². The second-order valence-electron chi connectivity index (χ2n) is 10.3. The van der Waals surface area contributed by atoms with E-state index in [0.29, 0.717) is 16.7 Å². The zero-order valence-corrected chi connectivity index (χ0v) is 23.1. The molecule has 0 saturated heterocycles. The Balaban J connectivity index is 1.48. The maximum atomic E-state index is 10.1. The molecule has 0 fully saturated rings. The third-order valence-electron chi connectivity index (χ3n) is 7.96. The number of benzene rings is 6. The molecule has 194 valence electrons. The van der Waals surface area contributed by atoms with Crippen LogP contribution in [0.2, 0.25) is 0 Å². The van der Waals surface area contributed by atoms with Crippen LogP contribution in [0.15, 0.2) is 126 Å². The van der Waals surface area contributed by atoms with Crippen LogP contribution in [0.4, 0.5) is 0 Å². The third kappa shape index (κ3) is 3.64. The van der Waals surface area contributed by atoms with Crippen molar-refractivity contribution in [3.8, 4) is 45.5 Å². The van der Waals surface area contributed by atoms with Crippen LogP contribution in [-0.2, 0) is 0 Å². The summed E-state index contributed by atoms with van der Waals surface area (Å²) in [6, 6.07) is 45.6. The zero-order chi connectivity index (χ0) is 28.2. The first-order valence-corrected chi connectivity index (χ1v) is 14.4. The lowest BCUT2D eigenvalue weighted by Crippen LogP contribution is -1.92. The highest BCUT2D eigenvalue weighted by Gasteiger charge is 2.18. The van der Waals surface area contributed by atoms with E-state index < -0.39 is 0 Å². The lowest BCUT2D eigenvalue weighted by Gasteiger charge is -2.14. The van der Waals surface area contributed by atoms with Gasteiger partial charge in [0.1, 0.15) is 11.2 Å². The summed E-state index contributed by atoms with van der Waals surface area (Å²) in [5.74, 6) is 0. The van der Waals surface area contributed by atoms with E-state index in [1.165, 1.54) is 20.2 Å². The molecule has 42 heavy (non-hydrogen) atoms. The van der Waals surface area contributed by atoms with Gasteiger partial charge in [-0.25, -0.2) is 0 Å². The van der Waals surface area contributed by atoms with Gasteiger partial charge in [-0.1, -0.05) is 72.8 Å². The summed E-state index contributed by atoms with van der Waals surface area (Å²) in [5, 5.41) is 24.7. The predicted molar refractivity (Wildman–Crippen MR) is 172 cm³/mol. The van der Waals surface area contributed by atoms with Gasteiger partial charge in [0.15, 0.2) is 0 Å². The van der Waals surface area contributed by atoms with Gasteiger partial charge in [-0.3, -0.25) is 0 Å². The molecule has 0 spiro atoms. The highest BCUT2D eigenvalue weighted by molar-refractivity contribution is 7.26. The largest absolute Gasteiger partial charge is 0.456 e. The quantitative estimate of drug-likeness (QED) is 0.219. The van der Waals surface area contributed by atoms with E-state index in [0.717, 1.165) is 49.8 Å². The molecular weight excluding hydrogens is 532 g/mol. The first kappa shape index (κ1) is 24.1. The van der Waals surface area contributed by atoms with Crippen molar-refractivity contribution in [2.75, 3.05) is 0 Å². The van der Waals surface area contributed by atoms with Crippen molar-refractivity contribution in [1.29, 1.82) is 10.5 Å². The number of nitriles is 2. The monoisotopic (exact) mass is 552 g/mol. The third-order valence-corrected chi connectivity index (χ3v) is 9.18. The minimum atomic E-state index is 0.476. The molecule has 3 nitrogen and oxygen atoms in total. The summed E-state index contributed by atoms with van der Waals surface area (Å²) in [7, 11) is 0. The molecule has 0 bridgehead atoms. The van der Waals surface area contributed by atoms with E-state index in [1.807, 2.05) is 30.3 Å². The van der Waals surface area contributed by atoms with E-state index in [4.69, 9.17) is 4.42 Å². The minimum Gasteiger partial charge on any atom is -0.456 e. The molecule has 0 saturated carbocycles. The maximum Gasteiger partial charge on any atom is 0.136 e. The Kier molecular flexibility index (Phi) is 5.44. The molecule has 4 heteroatoms. The SMILES string of the molecule is N#Cc1cccc(C#N)c1-c1cc(-c2cccc3c2sc2ccccc23)cc(-c2cccc3oc4ccccc4c23)c1. The topological polar surface area (TPSA) is 60.7 Å². The van der Waals surface area contributed by atoms with Crippen molar-refractivity contribution in [3.05, 3.63) is 132 Å². The number of para-hydroxylation sites is 1. The van der Waals surface area contributed by atoms with Crippen molar-refractivity contribution in [1.82, 2.24) is 0 Å². The second kappa shape index (κ2) is 9.46. The molecule has 0 aliphatic carbocycles. The van der Waals surface area contributed by atoms with E-state index in [1.54, 1.807) is 29.5 Å². The number of thiophene rings is 1. The first-order chi connectivity index (χ1) is 20.7. The van der Waals surface area contributed by atoms with Crippen molar-refractivity contribution in [2.45, 2.75) is 0 Å². The van der Waals surface area contributed by atoms with Gasteiger partial charge in [0.05, 0.1) is 23.3 Å². The van der Waals surface area contributed by atoms with E-state index in [-0.39, 0.29) is 0 Å². The normalized spacial score (nSPS) is 11.3. The lowest BCUT2D eigenvalue weighted by atomic mass is 9.88. The molecule has 8 rings (SSSR count). The summed E-state index contributed by atoms with van der Waals surface area (Å²) in [5.41, 5.74) is 8.28.